The summed E-state index contributed by atoms with van der Waals surface area (Å²) in [5.74, 6) is 0.183. The van der Waals surface area contributed by atoms with E-state index in [0.29, 0.717) is 19.1 Å². The van der Waals surface area contributed by atoms with Gasteiger partial charge in [-0.3, -0.25) is 9.69 Å². The van der Waals surface area contributed by atoms with Crippen LogP contribution in [0.2, 0.25) is 0 Å². The van der Waals surface area contributed by atoms with Gasteiger partial charge in [0.2, 0.25) is 5.91 Å². The van der Waals surface area contributed by atoms with E-state index in [-0.39, 0.29) is 5.91 Å². The summed E-state index contributed by atoms with van der Waals surface area (Å²) in [7, 11) is 3.66. The average molecular weight is 304 g/mol. The number of carbonyl (C=O) groups is 1. The van der Waals surface area contributed by atoms with Crippen molar-refractivity contribution in [3.8, 4) is 0 Å². The normalized spacial score (nSPS) is 19.1. The number of hydrogen-bond acceptors (Lipinski definition) is 3. The third-order valence-corrected chi connectivity index (χ3v) is 4.37. The molecule has 1 aromatic carbocycles. The van der Waals surface area contributed by atoms with Crippen LogP contribution in [0.25, 0.3) is 0 Å². The number of piperidine rings is 1. The predicted octanol–water partition coefficient (Wildman–Crippen LogP) is 2.67. The first kappa shape index (κ1) is 17.0. The van der Waals surface area contributed by atoms with Crippen LogP contribution in [-0.4, -0.2) is 49.1 Å². The molecule has 1 aromatic rings. The van der Waals surface area contributed by atoms with Gasteiger partial charge in [0.15, 0.2) is 0 Å². The first-order chi connectivity index (χ1) is 10.6. The van der Waals surface area contributed by atoms with Crippen molar-refractivity contribution in [2.24, 2.45) is 0 Å². The van der Waals surface area contributed by atoms with Gasteiger partial charge in [0.25, 0.3) is 0 Å². The fraction of sp³-hybridized carbons (Fsp3) is 0.611. The Balaban J connectivity index is 1.87. The molecule has 0 spiro atoms. The van der Waals surface area contributed by atoms with E-state index in [2.05, 4.69) is 29.2 Å². The van der Waals surface area contributed by atoms with Gasteiger partial charge in [0.05, 0.1) is 6.10 Å². The molecule has 0 bridgehead atoms. The van der Waals surface area contributed by atoms with Crippen molar-refractivity contribution in [2.45, 2.75) is 45.4 Å². The van der Waals surface area contributed by atoms with Gasteiger partial charge in [-0.1, -0.05) is 31.2 Å². The Morgan fingerprint density at radius 3 is 2.64 bits per heavy atom. The van der Waals surface area contributed by atoms with Gasteiger partial charge >= 0.3 is 0 Å². The number of rotatable bonds is 6. The Labute approximate surface area is 134 Å². The Hall–Kier alpha value is -1.39. The standard InChI is InChI=1S/C18H28N2O2/c1-4-18(21)19(2)12-15-7-9-16(10-8-15)13-20-11-5-6-17(14-20)22-3/h7-10,17H,4-6,11-14H2,1-3H3. The second-order valence-electron chi connectivity index (χ2n) is 6.15. The highest BCUT2D eigenvalue weighted by molar-refractivity contribution is 5.75. The zero-order valence-corrected chi connectivity index (χ0v) is 14.0. The summed E-state index contributed by atoms with van der Waals surface area (Å²) in [6, 6.07) is 8.62. The summed E-state index contributed by atoms with van der Waals surface area (Å²) in [6.07, 6.45) is 3.32. The molecule has 1 heterocycles. The predicted molar refractivity (Wildman–Crippen MR) is 88.5 cm³/mol. The molecule has 4 nitrogen and oxygen atoms in total. The monoisotopic (exact) mass is 304 g/mol. The number of amides is 1. The molecule has 1 amide bonds. The van der Waals surface area contributed by atoms with E-state index in [1.165, 1.54) is 24.0 Å². The third-order valence-electron chi connectivity index (χ3n) is 4.37. The molecule has 1 unspecified atom stereocenters. The van der Waals surface area contributed by atoms with Crippen molar-refractivity contribution < 1.29 is 9.53 Å². The Kier molecular flexibility index (Phi) is 6.40. The second kappa shape index (κ2) is 8.30. The molecular formula is C18H28N2O2. The molecule has 1 atom stereocenters. The lowest BCUT2D eigenvalue weighted by atomic mass is 10.1. The number of hydrogen-bond donors (Lipinski definition) is 0. The van der Waals surface area contributed by atoms with Crippen LogP contribution < -0.4 is 0 Å². The fourth-order valence-corrected chi connectivity index (χ4v) is 2.99. The highest BCUT2D eigenvalue weighted by Gasteiger charge is 2.19. The van der Waals surface area contributed by atoms with Gasteiger partial charge in [-0.2, -0.15) is 0 Å². The molecule has 22 heavy (non-hydrogen) atoms. The molecule has 122 valence electrons. The van der Waals surface area contributed by atoms with Crippen LogP contribution in [0.4, 0.5) is 0 Å². The lowest BCUT2D eigenvalue weighted by molar-refractivity contribution is -0.130. The van der Waals surface area contributed by atoms with Crippen molar-refractivity contribution >= 4 is 5.91 Å². The smallest absolute Gasteiger partial charge is 0.222 e. The quantitative estimate of drug-likeness (QED) is 0.810. The highest BCUT2D eigenvalue weighted by atomic mass is 16.5. The lowest BCUT2D eigenvalue weighted by Crippen LogP contribution is -2.38. The van der Waals surface area contributed by atoms with E-state index < -0.39 is 0 Å². The van der Waals surface area contributed by atoms with Crippen LogP contribution in [0, 0.1) is 0 Å². The maximum absolute atomic E-state index is 11.6. The second-order valence-corrected chi connectivity index (χ2v) is 6.15. The third kappa shape index (κ3) is 4.82. The zero-order chi connectivity index (χ0) is 15.9. The van der Waals surface area contributed by atoms with Crippen LogP contribution in [0.1, 0.15) is 37.3 Å². The van der Waals surface area contributed by atoms with E-state index in [4.69, 9.17) is 4.74 Å². The molecule has 4 heteroatoms. The first-order valence-electron chi connectivity index (χ1n) is 8.19. The van der Waals surface area contributed by atoms with Gasteiger partial charge in [0.1, 0.15) is 0 Å². The molecule has 0 aromatic heterocycles. The van der Waals surface area contributed by atoms with Gasteiger partial charge in [-0.25, -0.2) is 0 Å². The largest absolute Gasteiger partial charge is 0.380 e. The van der Waals surface area contributed by atoms with Crippen LogP contribution in [0.15, 0.2) is 24.3 Å². The molecule has 2 rings (SSSR count). The minimum Gasteiger partial charge on any atom is -0.380 e. The topological polar surface area (TPSA) is 32.8 Å². The van der Waals surface area contributed by atoms with E-state index in [9.17, 15) is 4.79 Å². The van der Waals surface area contributed by atoms with Gasteiger partial charge in [-0.15, -0.1) is 0 Å². The summed E-state index contributed by atoms with van der Waals surface area (Å²) >= 11 is 0. The molecule has 0 saturated carbocycles. The fourth-order valence-electron chi connectivity index (χ4n) is 2.99. The number of carbonyl (C=O) groups excluding carboxylic acids is 1. The van der Waals surface area contributed by atoms with Crippen molar-refractivity contribution in [2.75, 3.05) is 27.2 Å². The van der Waals surface area contributed by atoms with Gasteiger partial charge < -0.3 is 9.64 Å². The van der Waals surface area contributed by atoms with E-state index in [0.717, 1.165) is 19.6 Å². The molecular weight excluding hydrogens is 276 g/mol. The van der Waals surface area contributed by atoms with Crippen LogP contribution >= 0.6 is 0 Å². The number of nitrogens with zero attached hydrogens (tertiary/aromatic N) is 2. The summed E-state index contributed by atoms with van der Waals surface area (Å²) < 4.78 is 5.48. The van der Waals surface area contributed by atoms with Crippen LogP contribution in [0.3, 0.4) is 0 Å². The Bertz CT molecular complexity index is 472. The SMILES string of the molecule is CCC(=O)N(C)Cc1ccc(CN2CCCC(OC)C2)cc1. The molecule has 0 radical (unpaired) electrons. The molecule has 1 fully saturated rings. The summed E-state index contributed by atoms with van der Waals surface area (Å²) in [5, 5.41) is 0. The van der Waals surface area contributed by atoms with Crippen molar-refractivity contribution in [3.63, 3.8) is 0 Å². The lowest BCUT2D eigenvalue weighted by Gasteiger charge is -2.31. The molecule has 0 aliphatic carbocycles. The number of benzene rings is 1. The maximum atomic E-state index is 11.6. The Morgan fingerprint density at radius 1 is 1.32 bits per heavy atom. The molecule has 1 aliphatic heterocycles. The van der Waals surface area contributed by atoms with Gasteiger partial charge in [0, 0.05) is 40.2 Å². The number of likely N-dealkylation sites (tertiary alicyclic amines) is 1. The highest BCUT2D eigenvalue weighted by Crippen LogP contribution is 2.16. The first-order valence-corrected chi connectivity index (χ1v) is 8.19. The number of ether oxygens (including phenoxy) is 1. The minimum absolute atomic E-state index is 0.183. The van der Waals surface area contributed by atoms with E-state index in [1.54, 1.807) is 12.0 Å². The summed E-state index contributed by atoms with van der Waals surface area (Å²) in [4.78, 5) is 15.9. The minimum atomic E-state index is 0.183. The summed E-state index contributed by atoms with van der Waals surface area (Å²) in [6.45, 7) is 5.72. The van der Waals surface area contributed by atoms with Crippen LogP contribution in [-0.2, 0) is 22.6 Å². The van der Waals surface area contributed by atoms with E-state index in [1.807, 2.05) is 14.0 Å². The van der Waals surface area contributed by atoms with Crippen LogP contribution in [0.5, 0.6) is 0 Å². The van der Waals surface area contributed by atoms with Crippen molar-refractivity contribution in [3.05, 3.63) is 35.4 Å². The molecule has 1 saturated heterocycles. The maximum Gasteiger partial charge on any atom is 0.222 e. The molecule has 1 aliphatic rings. The van der Waals surface area contributed by atoms with E-state index >= 15 is 0 Å². The Morgan fingerprint density at radius 2 is 2.00 bits per heavy atom. The zero-order valence-electron chi connectivity index (χ0n) is 14.0. The van der Waals surface area contributed by atoms with Crippen molar-refractivity contribution in [1.29, 1.82) is 0 Å². The molecule has 0 N–H and O–H groups in total. The average Bonchev–Trinajstić information content (AvgIpc) is 2.56. The summed E-state index contributed by atoms with van der Waals surface area (Å²) in [5.41, 5.74) is 2.51. The van der Waals surface area contributed by atoms with Gasteiger partial charge in [-0.05, 0) is 30.5 Å². The van der Waals surface area contributed by atoms with Crippen molar-refractivity contribution in [1.82, 2.24) is 9.80 Å². The number of methoxy groups -OCH3 is 1.